The second-order valence-corrected chi connectivity index (χ2v) is 6.65. The quantitative estimate of drug-likeness (QED) is 0.546. The van der Waals surface area contributed by atoms with Gasteiger partial charge in [0.2, 0.25) is 5.91 Å². The molecule has 2 aromatic heterocycles. The van der Waals surface area contributed by atoms with Crippen molar-refractivity contribution >= 4 is 17.7 Å². The number of hydrogen-bond donors (Lipinski definition) is 2. The number of carbonyl (C=O) groups is 1. The van der Waals surface area contributed by atoms with E-state index in [4.69, 9.17) is 0 Å². The summed E-state index contributed by atoms with van der Waals surface area (Å²) >= 11 is 0. The van der Waals surface area contributed by atoms with Gasteiger partial charge in [0, 0.05) is 77.9 Å². The van der Waals surface area contributed by atoms with Crippen LogP contribution < -0.4 is 15.5 Å². The maximum atomic E-state index is 12.5. The van der Waals surface area contributed by atoms with Crippen molar-refractivity contribution in [1.82, 2.24) is 25.1 Å². The molecule has 8 nitrogen and oxygen atoms in total. The summed E-state index contributed by atoms with van der Waals surface area (Å²) in [6, 6.07) is 9.94. The lowest BCUT2D eigenvalue weighted by atomic mass is 10.2. The van der Waals surface area contributed by atoms with E-state index in [1.54, 1.807) is 13.2 Å². The Labute approximate surface area is 166 Å². The Kier molecular flexibility index (Phi) is 7.29. The lowest BCUT2D eigenvalue weighted by Gasteiger charge is -2.35. The van der Waals surface area contributed by atoms with Crippen LogP contribution in [0.2, 0.25) is 0 Å². The van der Waals surface area contributed by atoms with E-state index in [0.29, 0.717) is 13.0 Å². The predicted octanol–water partition coefficient (Wildman–Crippen LogP) is 0.787. The number of rotatable bonds is 7. The summed E-state index contributed by atoms with van der Waals surface area (Å²) in [7, 11) is 1.74. The first-order chi connectivity index (χ1) is 13.8. The van der Waals surface area contributed by atoms with Gasteiger partial charge in [-0.1, -0.05) is 6.07 Å². The number of amides is 1. The Bertz CT molecular complexity index is 737. The standard InChI is InChI=1S/C20H29N7O/c1-21-20(24-10-13-25-11-4-5-12-25)23-9-7-19(28)27-16-14-26(15-17-27)18-6-2-3-8-22-18/h2-6,8,11-12H,7,9-10,13-17H2,1H3,(H2,21,23,24). The molecule has 0 aromatic carbocycles. The third-order valence-electron chi connectivity index (χ3n) is 4.79. The summed E-state index contributed by atoms with van der Waals surface area (Å²) in [6.45, 7) is 5.32. The number of pyridine rings is 1. The van der Waals surface area contributed by atoms with Gasteiger partial charge in [0.1, 0.15) is 5.82 Å². The molecular formula is C20H29N7O. The third-order valence-corrected chi connectivity index (χ3v) is 4.79. The number of nitrogens with zero attached hydrogens (tertiary/aromatic N) is 5. The highest BCUT2D eigenvalue weighted by atomic mass is 16.2. The number of aromatic nitrogens is 2. The number of anilines is 1. The first-order valence-electron chi connectivity index (χ1n) is 9.75. The van der Waals surface area contributed by atoms with E-state index in [1.165, 1.54) is 0 Å². The van der Waals surface area contributed by atoms with Gasteiger partial charge in [0.25, 0.3) is 0 Å². The van der Waals surface area contributed by atoms with E-state index < -0.39 is 0 Å². The molecule has 0 unspecified atom stereocenters. The Morgan fingerprint density at radius 3 is 2.50 bits per heavy atom. The van der Waals surface area contributed by atoms with Crippen molar-refractivity contribution in [1.29, 1.82) is 0 Å². The fourth-order valence-corrected chi connectivity index (χ4v) is 3.21. The molecule has 0 atom stereocenters. The minimum absolute atomic E-state index is 0.177. The number of nitrogens with one attached hydrogen (secondary N) is 2. The molecule has 3 heterocycles. The fourth-order valence-electron chi connectivity index (χ4n) is 3.21. The summed E-state index contributed by atoms with van der Waals surface area (Å²) in [5.74, 6) is 1.88. The van der Waals surface area contributed by atoms with Crippen molar-refractivity contribution in [2.24, 2.45) is 4.99 Å². The molecule has 0 bridgehead atoms. The van der Waals surface area contributed by atoms with Crippen LogP contribution in [0.1, 0.15) is 6.42 Å². The first kappa shape index (κ1) is 19.7. The SMILES string of the molecule is CN=C(NCCC(=O)N1CCN(c2ccccn2)CC1)NCCn1cccc1. The van der Waals surface area contributed by atoms with E-state index >= 15 is 0 Å². The molecule has 3 rings (SSSR count). The minimum atomic E-state index is 0.177. The minimum Gasteiger partial charge on any atom is -0.356 e. The summed E-state index contributed by atoms with van der Waals surface area (Å²) in [4.78, 5) is 25.2. The average Bonchev–Trinajstić information content (AvgIpc) is 3.27. The Balaban J connectivity index is 1.32. The summed E-state index contributed by atoms with van der Waals surface area (Å²) in [6.07, 6.45) is 6.33. The molecule has 0 radical (unpaired) electrons. The van der Waals surface area contributed by atoms with Crippen LogP contribution >= 0.6 is 0 Å². The maximum absolute atomic E-state index is 12.5. The number of piperazine rings is 1. The lowest BCUT2D eigenvalue weighted by Crippen LogP contribution is -2.49. The predicted molar refractivity (Wildman–Crippen MR) is 111 cm³/mol. The van der Waals surface area contributed by atoms with Gasteiger partial charge >= 0.3 is 0 Å². The molecular weight excluding hydrogens is 354 g/mol. The zero-order chi connectivity index (χ0) is 19.6. The number of aliphatic imine (C=N–C) groups is 1. The maximum Gasteiger partial charge on any atom is 0.224 e. The number of carbonyl (C=O) groups excluding carboxylic acids is 1. The largest absolute Gasteiger partial charge is 0.356 e. The van der Waals surface area contributed by atoms with Crippen LogP contribution in [-0.4, -0.2) is 72.6 Å². The van der Waals surface area contributed by atoms with Crippen molar-refractivity contribution in [3.05, 3.63) is 48.9 Å². The molecule has 1 amide bonds. The zero-order valence-corrected chi connectivity index (χ0v) is 16.4. The van der Waals surface area contributed by atoms with Gasteiger partial charge in [0.15, 0.2) is 5.96 Å². The molecule has 8 heteroatoms. The van der Waals surface area contributed by atoms with E-state index in [9.17, 15) is 4.79 Å². The molecule has 1 fully saturated rings. The third kappa shape index (κ3) is 5.73. The molecule has 150 valence electrons. The normalized spacial score (nSPS) is 14.8. The van der Waals surface area contributed by atoms with Gasteiger partial charge in [-0.2, -0.15) is 0 Å². The highest BCUT2D eigenvalue weighted by Gasteiger charge is 2.21. The van der Waals surface area contributed by atoms with Gasteiger partial charge in [-0.05, 0) is 24.3 Å². The van der Waals surface area contributed by atoms with Gasteiger partial charge in [-0.25, -0.2) is 4.98 Å². The molecule has 28 heavy (non-hydrogen) atoms. The van der Waals surface area contributed by atoms with Crippen molar-refractivity contribution in [2.75, 3.05) is 51.2 Å². The topological polar surface area (TPSA) is 77.8 Å². The first-order valence-corrected chi connectivity index (χ1v) is 9.75. The van der Waals surface area contributed by atoms with Gasteiger partial charge in [-0.15, -0.1) is 0 Å². The molecule has 2 N–H and O–H groups in total. The van der Waals surface area contributed by atoms with E-state index in [1.807, 2.05) is 47.6 Å². The van der Waals surface area contributed by atoms with Crippen LogP contribution in [0.15, 0.2) is 53.9 Å². The monoisotopic (exact) mass is 383 g/mol. The average molecular weight is 384 g/mol. The lowest BCUT2D eigenvalue weighted by molar-refractivity contribution is -0.131. The van der Waals surface area contributed by atoms with Gasteiger partial charge in [-0.3, -0.25) is 9.79 Å². The number of hydrogen-bond acceptors (Lipinski definition) is 4. The Morgan fingerprint density at radius 2 is 1.82 bits per heavy atom. The van der Waals surface area contributed by atoms with Gasteiger partial charge < -0.3 is 25.0 Å². The molecule has 1 aliphatic rings. The molecule has 0 aliphatic carbocycles. The Hall–Kier alpha value is -3.03. The zero-order valence-electron chi connectivity index (χ0n) is 16.4. The smallest absolute Gasteiger partial charge is 0.224 e. The second kappa shape index (κ2) is 10.3. The molecule has 0 saturated carbocycles. The highest BCUT2D eigenvalue weighted by molar-refractivity contribution is 5.81. The van der Waals surface area contributed by atoms with E-state index in [-0.39, 0.29) is 5.91 Å². The van der Waals surface area contributed by atoms with Crippen molar-refractivity contribution in [3.63, 3.8) is 0 Å². The fraction of sp³-hybridized carbons (Fsp3) is 0.450. The Morgan fingerprint density at radius 1 is 1.07 bits per heavy atom. The summed E-state index contributed by atoms with van der Waals surface area (Å²) in [5, 5.41) is 6.48. The van der Waals surface area contributed by atoms with Crippen LogP contribution in [0.25, 0.3) is 0 Å². The number of guanidine groups is 1. The van der Waals surface area contributed by atoms with Crippen LogP contribution in [0.4, 0.5) is 5.82 Å². The van der Waals surface area contributed by atoms with Crippen LogP contribution in [0.5, 0.6) is 0 Å². The van der Waals surface area contributed by atoms with Crippen molar-refractivity contribution < 1.29 is 4.79 Å². The second-order valence-electron chi connectivity index (χ2n) is 6.65. The molecule has 1 saturated heterocycles. The van der Waals surface area contributed by atoms with Crippen molar-refractivity contribution in [2.45, 2.75) is 13.0 Å². The van der Waals surface area contributed by atoms with Gasteiger partial charge in [0.05, 0.1) is 0 Å². The van der Waals surface area contributed by atoms with Crippen LogP contribution in [0.3, 0.4) is 0 Å². The molecule has 2 aromatic rings. The highest BCUT2D eigenvalue weighted by Crippen LogP contribution is 2.12. The van der Waals surface area contributed by atoms with Crippen LogP contribution in [-0.2, 0) is 11.3 Å². The van der Waals surface area contributed by atoms with Crippen LogP contribution in [0, 0.1) is 0 Å². The van der Waals surface area contributed by atoms with E-state index in [2.05, 4.69) is 30.1 Å². The van der Waals surface area contributed by atoms with E-state index in [0.717, 1.165) is 51.0 Å². The summed E-state index contributed by atoms with van der Waals surface area (Å²) < 4.78 is 2.11. The molecule has 0 spiro atoms. The molecule has 1 aliphatic heterocycles. The summed E-state index contributed by atoms with van der Waals surface area (Å²) in [5.41, 5.74) is 0. The van der Waals surface area contributed by atoms with Crippen molar-refractivity contribution in [3.8, 4) is 0 Å².